The molecule has 154 valence electrons. The van der Waals surface area contributed by atoms with E-state index in [-0.39, 0.29) is 5.41 Å². The molecule has 0 amide bonds. The van der Waals surface area contributed by atoms with E-state index in [1.165, 1.54) is 27.9 Å². The number of benzene rings is 4. The molecule has 0 heterocycles. The SMILES string of the molecule is CCC1(CC)c2cc(N)ccc2-c2ccc(N(c3ccccc3)c3ccccc3)cc21. The molecule has 0 aromatic heterocycles. The Bertz CT molecular complexity index is 1170. The second kappa shape index (κ2) is 7.63. The number of rotatable bonds is 5. The van der Waals surface area contributed by atoms with Gasteiger partial charge in [-0.05, 0) is 83.6 Å². The van der Waals surface area contributed by atoms with Crippen LogP contribution >= 0.6 is 0 Å². The van der Waals surface area contributed by atoms with E-state index in [2.05, 4.69) is 110 Å². The van der Waals surface area contributed by atoms with Gasteiger partial charge in [-0.25, -0.2) is 0 Å². The fraction of sp³-hybridized carbons (Fsp3) is 0.172. The maximum atomic E-state index is 6.22. The average Bonchev–Trinajstić information content (AvgIpc) is 3.09. The van der Waals surface area contributed by atoms with Crippen LogP contribution in [0.4, 0.5) is 22.7 Å². The van der Waals surface area contributed by atoms with E-state index >= 15 is 0 Å². The molecule has 4 aromatic carbocycles. The Morgan fingerprint density at radius 3 is 1.68 bits per heavy atom. The van der Waals surface area contributed by atoms with E-state index < -0.39 is 0 Å². The molecule has 1 aliphatic rings. The lowest BCUT2D eigenvalue weighted by Crippen LogP contribution is -2.23. The molecule has 31 heavy (non-hydrogen) atoms. The smallest absolute Gasteiger partial charge is 0.0465 e. The van der Waals surface area contributed by atoms with Gasteiger partial charge >= 0.3 is 0 Å². The van der Waals surface area contributed by atoms with Gasteiger partial charge in [0.15, 0.2) is 0 Å². The van der Waals surface area contributed by atoms with Gasteiger partial charge in [-0.15, -0.1) is 0 Å². The van der Waals surface area contributed by atoms with Crippen molar-refractivity contribution < 1.29 is 0 Å². The van der Waals surface area contributed by atoms with Crippen LogP contribution in [-0.4, -0.2) is 0 Å². The standard InChI is InChI=1S/C29H28N2/c1-3-29(4-2)27-19-21(30)15-17-25(27)26-18-16-24(20-28(26)29)31(22-11-7-5-8-12-22)23-13-9-6-10-14-23/h5-20H,3-4,30H2,1-2H3. The molecule has 2 N–H and O–H groups in total. The lowest BCUT2D eigenvalue weighted by atomic mass is 9.73. The molecule has 1 aliphatic carbocycles. The fourth-order valence-corrected chi connectivity index (χ4v) is 5.25. The van der Waals surface area contributed by atoms with Gasteiger partial charge in [0.2, 0.25) is 0 Å². The summed E-state index contributed by atoms with van der Waals surface area (Å²) in [6.45, 7) is 4.59. The molecule has 0 spiro atoms. The van der Waals surface area contributed by atoms with Crippen molar-refractivity contribution in [3.63, 3.8) is 0 Å². The minimum atomic E-state index is -0.00486. The molecular formula is C29H28N2. The van der Waals surface area contributed by atoms with Crippen LogP contribution in [0.15, 0.2) is 97.1 Å². The lowest BCUT2D eigenvalue weighted by molar-refractivity contribution is 0.490. The Labute approximate surface area is 185 Å². The molecule has 2 nitrogen and oxygen atoms in total. The van der Waals surface area contributed by atoms with Crippen LogP contribution in [-0.2, 0) is 5.41 Å². The molecule has 4 aromatic rings. The fourth-order valence-electron chi connectivity index (χ4n) is 5.25. The summed E-state index contributed by atoms with van der Waals surface area (Å²) in [5.74, 6) is 0. The summed E-state index contributed by atoms with van der Waals surface area (Å²) in [6, 6.07) is 34.6. The summed E-state index contributed by atoms with van der Waals surface area (Å²) in [4.78, 5) is 2.34. The normalized spacial score (nSPS) is 13.5. The summed E-state index contributed by atoms with van der Waals surface area (Å²) >= 11 is 0. The Kier molecular flexibility index (Phi) is 4.78. The number of hydrogen-bond acceptors (Lipinski definition) is 2. The maximum Gasteiger partial charge on any atom is 0.0465 e. The Hall–Kier alpha value is -3.52. The van der Waals surface area contributed by atoms with Gasteiger partial charge in [0, 0.05) is 28.2 Å². The predicted octanol–water partition coefficient (Wildman–Crippen LogP) is 7.83. The van der Waals surface area contributed by atoms with Crippen molar-refractivity contribution in [3.8, 4) is 11.1 Å². The van der Waals surface area contributed by atoms with Gasteiger partial charge in [0.05, 0.1) is 0 Å². The van der Waals surface area contributed by atoms with Crippen LogP contribution in [0.1, 0.15) is 37.8 Å². The molecule has 0 saturated heterocycles. The average molecular weight is 405 g/mol. The number of anilines is 4. The zero-order valence-electron chi connectivity index (χ0n) is 18.2. The number of nitrogens with zero attached hydrogens (tertiary/aromatic N) is 1. The van der Waals surface area contributed by atoms with E-state index in [1.54, 1.807) is 0 Å². The second-order valence-corrected chi connectivity index (χ2v) is 8.33. The number of para-hydroxylation sites is 2. The zero-order chi connectivity index (χ0) is 21.4. The minimum Gasteiger partial charge on any atom is -0.399 e. The third-order valence-electron chi connectivity index (χ3n) is 6.86. The summed E-state index contributed by atoms with van der Waals surface area (Å²) in [5, 5.41) is 0. The monoisotopic (exact) mass is 404 g/mol. The van der Waals surface area contributed by atoms with E-state index in [0.29, 0.717) is 0 Å². The van der Waals surface area contributed by atoms with Crippen LogP contribution in [0.2, 0.25) is 0 Å². The molecule has 0 unspecified atom stereocenters. The minimum absolute atomic E-state index is 0.00486. The summed E-state index contributed by atoms with van der Waals surface area (Å²) in [7, 11) is 0. The summed E-state index contributed by atoms with van der Waals surface area (Å²) in [5.41, 5.74) is 16.0. The van der Waals surface area contributed by atoms with Crippen molar-refractivity contribution in [2.75, 3.05) is 10.6 Å². The van der Waals surface area contributed by atoms with Crippen molar-refractivity contribution in [2.24, 2.45) is 0 Å². The van der Waals surface area contributed by atoms with Gasteiger partial charge in [0.25, 0.3) is 0 Å². The number of nitrogen functional groups attached to an aromatic ring is 1. The Morgan fingerprint density at radius 1 is 0.613 bits per heavy atom. The number of nitrogens with two attached hydrogens (primary N) is 1. The van der Waals surface area contributed by atoms with E-state index in [1.807, 2.05) is 6.07 Å². The van der Waals surface area contributed by atoms with Crippen molar-refractivity contribution >= 4 is 22.7 Å². The van der Waals surface area contributed by atoms with Crippen LogP contribution in [0, 0.1) is 0 Å². The first-order chi connectivity index (χ1) is 15.2. The summed E-state index contributed by atoms with van der Waals surface area (Å²) in [6.07, 6.45) is 2.10. The Balaban J connectivity index is 1.73. The molecule has 5 rings (SSSR count). The first kappa shape index (κ1) is 19.4. The highest BCUT2D eigenvalue weighted by atomic mass is 15.1. The van der Waals surface area contributed by atoms with Gasteiger partial charge in [-0.1, -0.05) is 62.4 Å². The lowest BCUT2D eigenvalue weighted by Gasteiger charge is -2.31. The molecule has 0 saturated carbocycles. The third-order valence-corrected chi connectivity index (χ3v) is 6.86. The number of fused-ring (bicyclic) bond motifs is 3. The summed E-state index contributed by atoms with van der Waals surface area (Å²) < 4.78 is 0. The van der Waals surface area contributed by atoms with E-state index in [9.17, 15) is 0 Å². The van der Waals surface area contributed by atoms with Gasteiger partial charge in [-0.2, -0.15) is 0 Å². The molecule has 0 bridgehead atoms. The highest BCUT2D eigenvalue weighted by Crippen LogP contribution is 2.54. The first-order valence-electron chi connectivity index (χ1n) is 11.1. The van der Waals surface area contributed by atoms with Crippen molar-refractivity contribution in [1.29, 1.82) is 0 Å². The first-order valence-corrected chi connectivity index (χ1v) is 11.1. The highest BCUT2D eigenvalue weighted by molar-refractivity contribution is 5.86. The quantitative estimate of drug-likeness (QED) is 0.343. The van der Waals surface area contributed by atoms with Crippen LogP contribution in [0.25, 0.3) is 11.1 Å². The van der Waals surface area contributed by atoms with Crippen molar-refractivity contribution in [2.45, 2.75) is 32.1 Å². The third kappa shape index (κ3) is 3.02. The van der Waals surface area contributed by atoms with E-state index in [4.69, 9.17) is 5.73 Å². The largest absolute Gasteiger partial charge is 0.399 e. The van der Waals surface area contributed by atoms with Crippen molar-refractivity contribution in [3.05, 3.63) is 108 Å². The molecule has 0 fully saturated rings. The second-order valence-electron chi connectivity index (χ2n) is 8.33. The van der Waals surface area contributed by atoms with Crippen molar-refractivity contribution in [1.82, 2.24) is 0 Å². The Morgan fingerprint density at radius 2 is 1.13 bits per heavy atom. The molecular weight excluding hydrogens is 376 g/mol. The van der Waals surface area contributed by atoms with Gasteiger partial charge in [0.1, 0.15) is 0 Å². The van der Waals surface area contributed by atoms with Crippen LogP contribution in [0.3, 0.4) is 0 Å². The van der Waals surface area contributed by atoms with Gasteiger partial charge < -0.3 is 10.6 Å². The zero-order valence-corrected chi connectivity index (χ0v) is 18.2. The van der Waals surface area contributed by atoms with Crippen LogP contribution in [0.5, 0.6) is 0 Å². The molecule has 0 atom stereocenters. The van der Waals surface area contributed by atoms with E-state index in [0.717, 1.165) is 29.9 Å². The number of hydrogen-bond donors (Lipinski definition) is 1. The molecule has 0 aliphatic heterocycles. The molecule has 0 radical (unpaired) electrons. The maximum absolute atomic E-state index is 6.22. The predicted molar refractivity (Wildman–Crippen MR) is 132 cm³/mol. The van der Waals surface area contributed by atoms with Crippen LogP contribution < -0.4 is 10.6 Å². The topological polar surface area (TPSA) is 29.3 Å². The van der Waals surface area contributed by atoms with Gasteiger partial charge in [-0.3, -0.25) is 0 Å². The molecule has 2 heteroatoms. The highest BCUT2D eigenvalue weighted by Gasteiger charge is 2.41.